The van der Waals surface area contributed by atoms with Gasteiger partial charge in [0, 0.05) is 30.1 Å². The number of ether oxygens (including phenoxy) is 1. The third-order valence-corrected chi connectivity index (χ3v) is 6.38. The van der Waals surface area contributed by atoms with Gasteiger partial charge in [-0.15, -0.1) is 0 Å². The van der Waals surface area contributed by atoms with Crippen molar-refractivity contribution in [1.82, 2.24) is 0 Å². The second-order valence-corrected chi connectivity index (χ2v) is 7.46. The lowest BCUT2D eigenvalue weighted by Gasteiger charge is -2.44. The van der Waals surface area contributed by atoms with Gasteiger partial charge in [0.15, 0.2) is 5.78 Å². The van der Waals surface area contributed by atoms with Crippen molar-refractivity contribution in [2.24, 2.45) is 0 Å². The van der Waals surface area contributed by atoms with E-state index in [0.717, 1.165) is 11.1 Å². The number of hydrogen-bond acceptors (Lipinski definition) is 6. The molecule has 26 heavy (non-hydrogen) atoms. The fourth-order valence-corrected chi connectivity index (χ4v) is 5.12. The Morgan fingerprint density at radius 2 is 1.96 bits per heavy atom. The van der Waals surface area contributed by atoms with E-state index in [9.17, 15) is 19.8 Å². The van der Waals surface area contributed by atoms with Gasteiger partial charge in [-0.05, 0) is 35.6 Å². The summed E-state index contributed by atoms with van der Waals surface area (Å²) in [6, 6.07) is 3.59. The zero-order valence-corrected chi connectivity index (χ0v) is 14.4. The average molecular weight is 354 g/mol. The van der Waals surface area contributed by atoms with E-state index in [1.165, 1.54) is 13.4 Å². The molecule has 0 saturated carbocycles. The van der Waals surface area contributed by atoms with E-state index in [2.05, 4.69) is 0 Å². The van der Waals surface area contributed by atoms with Gasteiger partial charge < -0.3 is 19.4 Å². The van der Waals surface area contributed by atoms with Gasteiger partial charge >= 0.3 is 5.63 Å². The van der Waals surface area contributed by atoms with Gasteiger partial charge in [-0.25, -0.2) is 4.79 Å². The Bertz CT molecular complexity index is 1040. The van der Waals surface area contributed by atoms with Crippen LogP contribution in [0, 0.1) is 0 Å². The molecule has 4 atom stereocenters. The fraction of sp³-hybridized carbons (Fsp3) is 0.400. The number of fused-ring (bicyclic) bond motifs is 5. The maximum absolute atomic E-state index is 12.7. The van der Waals surface area contributed by atoms with Crippen LogP contribution in [0.2, 0.25) is 0 Å². The van der Waals surface area contributed by atoms with Gasteiger partial charge in [0.25, 0.3) is 0 Å². The van der Waals surface area contributed by atoms with Gasteiger partial charge in [0.05, 0.1) is 11.7 Å². The highest BCUT2D eigenvalue weighted by molar-refractivity contribution is 6.04. The Balaban J connectivity index is 1.95. The first-order valence-corrected chi connectivity index (χ1v) is 8.66. The zero-order chi connectivity index (χ0) is 18.4. The van der Waals surface area contributed by atoms with Crippen molar-refractivity contribution in [2.75, 3.05) is 7.11 Å². The van der Waals surface area contributed by atoms with E-state index in [4.69, 9.17) is 9.15 Å². The fourth-order valence-electron chi connectivity index (χ4n) is 5.12. The molecule has 3 aliphatic carbocycles. The Morgan fingerprint density at radius 3 is 2.69 bits per heavy atom. The number of Topliss-reactive ketones (excluding diaryl/α,β-unsaturated/α-hetero) is 1. The molecule has 134 valence electrons. The highest BCUT2D eigenvalue weighted by atomic mass is 16.5. The van der Waals surface area contributed by atoms with Crippen LogP contribution < -0.4 is 5.63 Å². The predicted molar refractivity (Wildman–Crippen MR) is 91.3 cm³/mol. The van der Waals surface area contributed by atoms with Crippen molar-refractivity contribution in [2.45, 2.75) is 43.5 Å². The van der Waals surface area contributed by atoms with Crippen LogP contribution in [-0.4, -0.2) is 35.3 Å². The van der Waals surface area contributed by atoms with E-state index in [1.54, 1.807) is 6.07 Å². The number of carbonyl (C=O) groups excluding carboxylic acids is 1. The lowest BCUT2D eigenvalue weighted by atomic mass is 9.66. The van der Waals surface area contributed by atoms with Gasteiger partial charge in [-0.2, -0.15) is 0 Å². The minimum atomic E-state index is -1.11. The molecule has 6 heteroatoms. The highest BCUT2D eigenvalue weighted by Gasteiger charge is 2.57. The summed E-state index contributed by atoms with van der Waals surface area (Å²) >= 11 is 0. The lowest BCUT2D eigenvalue weighted by molar-refractivity contribution is -0.112. The maximum Gasteiger partial charge on any atom is 0.343 e. The van der Waals surface area contributed by atoms with Gasteiger partial charge in [0.2, 0.25) is 0 Å². The summed E-state index contributed by atoms with van der Waals surface area (Å²) in [5.74, 6) is 0.0590. The molecule has 5 rings (SSSR count). The molecule has 0 amide bonds. The Morgan fingerprint density at radius 1 is 1.19 bits per heavy atom. The van der Waals surface area contributed by atoms with Crippen LogP contribution in [0.4, 0.5) is 0 Å². The summed E-state index contributed by atoms with van der Waals surface area (Å²) in [5.41, 5.74) is 2.89. The smallest absolute Gasteiger partial charge is 0.343 e. The Kier molecular flexibility index (Phi) is 3.01. The van der Waals surface area contributed by atoms with E-state index in [-0.39, 0.29) is 5.78 Å². The second kappa shape index (κ2) is 4.91. The van der Waals surface area contributed by atoms with Gasteiger partial charge in [0.1, 0.15) is 18.5 Å². The number of benzene rings is 1. The number of ketones is 1. The molecule has 0 bridgehead atoms. The van der Waals surface area contributed by atoms with Crippen molar-refractivity contribution in [3.63, 3.8) is 0 Å². The molecule has 0 radical (unpaired) electrons. The third kappa shape index (κ3) is 1.58. The largest absolute Gasteiger partial charge is 0.430 e. The lowest BCUT2D eigenvalue weighted by Crippen LogP contribution is -2.52. The van der Waals surface area contributed by atoms with Crippen LogP contribution >= 0.6 is 0 Å². The van der Waals surface area contributed by atoms with Crippen molar-refractivity contribution in [3.05, 3.63) is 56.6 Å². The first kappa shape index (κ1) is 15.9. The molecular weight excluding hydrogens is 336 g/mol. The van der Waals surface area contributed by atoms with E-state index in [0.29, 0.717) is 40.7 Å². The number of methoxy groups -OCH3 is 1. The SMILES string of the molecule is CO[C@H]1[C@@H](O)[C@@]2(C)c3ccc4c(c3-c3c2c(coc3=O)[C@@H]1O)CCC4=O. The van der Waals surface area contributed by atoms with Crippen LogP contribution in [0.1, 0.15) is 52.1 Å². The summed E-state index contributed by atoms with van der Waals surface area (Å²) in [5, 5.41) is 21.8. The predicted octanol–water partition coefficient (Wildman–Crippen LogP) is 1.48. The second-order valence-electron chi connectivity index (χ2n) is 7.46. The first-order valence-electron chi connectivity index (χ1n) is 8.66. The van der Waals surface area contributed by atoms with Gasteiger partial charge in [-0.3, -0.25) is 4.79 Å². The molecule has 6 nitrogen and oxygen atoms in total. The highest BCUT2D eigenvalue weighted by Crippen LogP contribution is 2.57. The first-order chi connectivity index (χ1) is 12.4. The summed E-state index contributed by atoms with van der Waals surface area (Å²) < 4.78 is 10.6. The molecule has 0 spiro atoms. The molecule has 2 N–H and O–H groups in total. The number of aliphatic hydroxyl groups excluding tert-OH is 2. The number of rotatable bonds is 1. The summed E-state index contributed by atoms with van der Waals surface area (Å²) in [6.07, 6.45) is -0.775. The summed E-state index contributed by atoms with van der Waals surface area (Å²) in [6.45, 7) is 1.85. The van der Waals surface area contributed by atoms with Crippen LogP contribution in [0.25, 0.3) is 11.1 Å². The standard InChI is InChI=1S/C20H18O6/c1-20-11-5-3-8-9(4-6-12(8)21)13(11)14-15(20)10(7-26-19(14)24)16(22)17(25-2)18(20)23/h3,5,7,16-18,22-23H,4,6H2,1-2H3/t16-,17+,18+,20-/m0/s1. The maximum atomic E-state index is 12.7. The van der Waals surface area contributed by atoms with Crippen LogP contribution in [0.5, 0.6) is 0 Å². The zero-order valence-electron chi connectivity index (χ0n) is 14.4. The molecule has 0 aliphatic heterocycles. The molecular formula is C20H18O6. The van der Waals surface area contributed by atoms with Gasteiger partial charge in [-0.1, -0.05) is 12.1 Å². The Hall–Kier alpha value is -2.28. The van der Waals surface area contributed by atoms with Crippen LogP contribution in [0.3, 0.4) is 0 Å². The molecule has 2 aromatic rings. The third-order valence-electron chi connectivity index (χ3n) is 6.38. The van der Waals surface area contributed by atoms with Crippen LogP contribution in [0.15, 0.2) is 27.6 Å². The van der Waals surface area contributed by atoms with Crippen molar-refractivity contribution >= 4 is 5.78 Å². The quantitative estimate of drug-likeness (QED) is 0.805. The average Bonchev–Trinajstić information content (AvgIpc) is 3.13. The minimum Gasteiger partial charge on any atom is -0.430 e. The molecule has 1 heterocycles. The van der Waals surface area contributed by atoms with Crippen molar-refractivity contribution in [1.29, 1.82) is 0 Å². The van der Waals surface area contributed by atoms with E-state index < -0.39 is 29.4 Å². The van der Waals surface area contributed by atoms with Crippen molar-refractivity contribution in [3.8, 4) is 11.1 Å². The molecule has 1 aromatic carbocycles. The number of hydrogen-bond donors (Lipinski definition) is 2. The summed E-state index contributed by atoms with van der Waals surface area (Å²) in [4.78, 5) is 24.8. The topological polar surface area (TPSA) is 97.0 Å². The minimum absolute atomic E-state index is 0.0590. The molecule has 0 unspecified atom stereocenters. The Labute approximate surface area is 149 Å². The monoisotopic (exact) mass is 354 g/mol. The molecule has 0 fully saturated rings. The molecule has 1 aromatic heterocycles. The molecule has 3 aliphatic rings. The molecule has 0 saturated heterocycles. The number of aliphatic hydroxyl groups is 2. The van der Waals surface area contributed by atoms with Crippen molar-refractivity contribution < 1.29 is 24.2 Å². The van der Waals surface area contributed by atoms with E-state index >= 15 is 0 Å². The van der Waals surface area contributed by atoms with Crippen LogP contribution in [-0.2, 0) is 16.6 Å². The summed E-state index contributed by atoms with van der Waals surface area (Å²) in [7, 11) is 1.43. The van der Waals surface area contributed by atoms with E-state index in [1.807, 2.05) is 13.0 Å². The normalized spacial score (nSPS) is 30.9. The number of carbonyl (C=O) groups is 1.